The summed E-state index contributed by atoms with van der Waals surface area (Å²) < 4.78 is 0.731. The average molecular weight is 342 g/mol. The summed E-state index contributed by atoms with van der Waals surface area (Å²) in [6.45, 7) is 8.60. The Morgan fingerprint density at radius 1 is 1.40 bits per heavy atom. The number of primary amides is 1. The largest absolute Gasteiger partial charge is 0.370 e. The lowest BCUT2D eigenvalue weighted by Crippen LogP contribution is -2.40. The fourth-order valence-electron chi connectivity index (χ4n) is 2.16. The highest BCUT2D eigenvalue weighted by atomic mass is 79.9. The first-order valence-electron chi connectivity index (χ1n) is 6.85. The van der Waals surface area contributed by atoms with Crippen LogP contribution in [0.2, 0.25) is 0 Å². The average Bonchev–Trinajstić information content (AvgIpc) is 2.37. The molecule has 1 amide bonds. The van der Waals surface area contributed by atoms with Gasteiger partial charge in [0.1, 0.15) is 0 Å². The van der Waals surface area contributed by atoms with E-state index in [1.165, 1.54) is 0 Å². The fourth-order valence-corrected chi connectivity index (χ4v) is 2.71. The van der Waals surface area contributed by atoms with Crippen LogP contribution < -0.4 is 16.4 Å². The Labute approximate surface area is 129 Å². The van der Waals surface area contributed by atoms with Gasteiger partial charge in [0.05, 0.1) is 11.3 Å². The van der Waals surface area contributed by atoms with Crippen LogP contribution in [0, 0.1) is 5.41 Å². The van der Waals surface area contributed by atoms with Crippen molar-refractivity contribution in [1.82, 2.24) is 0 Å². The molecule has 0 aliphatic heterocycles. The Hall–Kier alpha value is -1.07. The minimum atomic E-state index is -0.417. The molecular weight excluding hydrogens is 318 g/mol. The molecule has 112 valence electrons. The van der Waals surface area contributed by atoms with Crippen molar-refractivity contribution in [3.63, 3.8) is 0 Å². The summed E-state index contributed by atoms with van der Waals surface area (Å²) in [6.07, 6.45) is 0.991. The summed E-state index contributed by atoms with van der Waals surface area (Å²) in [6, 6.07) is 5.69. The molecule has 0 atom stereocenters. The molecule has 0 heterocycles. The number of nitrogens with zero attached hydrogens (tertiary/aromatic N) is 1. The van der Waals surface area contributed by atoms with Crippen molar-refractivity contribution in [2.45, 2.75) is 27.2 Å². The van der Waals surface area contributed by atoms with E-state index in [1.54, 1.807) is 0 Å². The first-order chi connectivity index (χ1) is 9.32. The Kier molecular flexibility index (Phi) is 6.02. The lowest BCUT2D eigenvalue weighted by atomic mass is 9.92. The van der Waals surface area contributed by atoms with Crippen LogP contribution in [0.25, 0.3) is 0 Å². The van der Waals surface area contributed by atoms with E-state index < -0.39 is 5.91 Å². The zero-order valence-corrected chi connectivity index (χ0v) is 14.0. The van der Waals surface area contributed by atoms with E-state index in [0.717, 1.165) is 29.7 Å². The molecule has 0 aliphatic rings. The molecule has 0 spiro atoms. The molecule has 1 aromatic rings. The lowest BCUT2D eigenvalue weighted by Gasteiger charge is -2.34. The van der Waals surface area contributed by atoms with Gasteiger partial charge >= 0.3 is 0 Å². The molecule has 1 rings (SSSR count). The van der Waals surface area contributed by atoms with E-state index in [4.69, 9.17) is 11.5 Å². The number of hydrogen-bond donors (Lipinski definition) is 2. The molecule has 4 nitrogen and oxygen atoms in total. The Morgan fingerprint density at radius 2 is 2.05 bits per heavy atom. The number of benzene rings is 1. The maximum atomic E-state index is 11.7. The third-order valence-corrected chi connectivity index (χ3v) is 3.90. The van der Waals surface area contributed by atoms with Gasteiger partial charge in [-0.25, -0.2) is 0 Å². The molecule has 20 heavy (non-hydrogen) atoms. The number of nitrogens with two attached hydrogens (primary N) is 2. The number of carbonyl (C=O) groups is 1. The maximum Gasteiger partial charge on any atom is 0.251 e. The van der Waals surface area contributed by atoms with Crippen LogP contribution in [-0.4, -0.2) is 25.5 Å². The van der Waals surface area contributed by atoms with Gasteiger partial charge in [0.25, 0.3) is 5.91 Å². The predicted octanol–water partition coefficient (Wildman–Crippen LogP) is 2.75. The molecule has 0 unspecified atom stereocenters. The number of amides is 1. The van der Waals surface area contributed by atoms with Crippen molar-refractivity contribution in [3.8, 4) is 0 Å². The van der Waals surface area contributed by atoms with Crippen LogP contribution >= 0.6 is 15.9 Å². The van der Waals surface area contributed by atoms with Crippen LogP contribution in [0.1, 0.15) is 37.6 Å². The van der Waals surface area contributed by atoms with Gasteiger partial charge in [-0.2, -0.15) is 0 Å². The molecule has 0 bridgehead atoms. The SMILES string of the molecule is CCCN(CC(C)(C)CN)c1cccc(Br)c1C(N)=O. The number of halogens is 1. The Morgan fingerprint density at radius 3 is 2.55 bits per heavy atom. The van der Waals surface area contributed by atoms with Gasteiger partial charge in [-0.05, 0) is 46.4 Å². The first-order valence-corrected chi connectivity index (χ1v) is 7.65. The predicted molar refractivity (Wildman–Crippen MR) is 88.0 cm³/mol. The highest BCUT2D eigenvalue weighted by molar-refractivity contribution is 9.10. The summed E-state index contributed by atoms with van der Waals surface area (Å²) in [5.74, 6) is -0.417. The van der Waals surface area contributed by atoms with Gasteiger partial charge in [-0.1, -0.05) is 26.8 Å². The van der Waals surface area contributed by atoms with Crippen molar-refractivity contribution in [3.05, 3.63) is 28.2 Å². The maximum absolute atomic E-state index is 11.7. The van der Waals surface area contributed by atoms with Crippen LogP contribution in [-0.2, 0) is 0 Å². The Balaban J connectivity index is 3.21. The molecular formula is C15H24BrN3O. The van der Waals surface area contributed by atoms with Crippen LogP contribution in [0.4, 0.5) is 5.69 Å². The standard InChI is InChI=1S/C15H24BrN3O/c1-4-8-19(10-15(2,3)9-17)12-7-5-6-11(16)13(12)14(18)20/h5-7H,4,8-10,17H2,1-3H3,(H2,18,20). The number of hydrogen-bond acceptors (Lipinski definition) is 3. The third kappa shape index (κ3) is 4.21. The van der Waals surface area contributed by atoms with E-state index >= 15 is 0 Å². The van der Waals surface area contributed by atoms with Gasteiger partial charge in [0.2, 0.25) is 0 Å². The second-order valence-electron chi connectivity index (χ2n) is 5.79. The zero-order chi connectivity index (χ0) is 15.3. The fraction of sp³-hybridized carbons (Fsp3) is 0.533. The zero-order valence-electron chi connectivity index (χ0n) is 12.4. The van der Waals surface area contributed by atoms with Crippen LogP contribution in [0.15, 0.2) is 22.7 Å². The number of rotatable bonds is 7. The highest BCUT2D eigenvalue weighted by Crippen LogP contribution is 2.30. The smallest absolute Gasteiger partial charge is 0.251 e. The summed E-state index contributed by atoms with van der Waals surface area (Å²) in [4.78, 5) is 13.9. The normalized spacial score (nSPS) is 11.4. The van der Waals surface area contributed by atoms with Crippen molar-refractivity contribution < 1.29 is 4.79 Å². The second-order valence-corrected chi connectivity index (χ2v) is 6.64. The minimum absolute atomic E-state index is 0.0214. The molecule has 0 aromatic heterocycles. The van der Waals surface area contributed by atoms with E-state index in [2.05, 4.69) is 41.6 Å². The molecule has 1 aromatic carbocycles. The van der Waals surface area contributed by atoms with Gasteiger partial charge < -0.3 is 16.4 Å². The van der Waals surface area contributed by atoms with Crippen molar-refractivity contribution in [1.29, 1.82) is 0 Å². The molecule has 0 aliphatic carbocycles. The monoisotopic (exact) mass is 341 g/mol. The molecule has 0 fully saturated rings. The summed E-state index contributed by atoms with van der Waals surface area (Å²) >= 11 is 3.41. The molecule has 5 heteroatoms. The summed E-state index contributed by atoms with van der Waals surface area (Å²) in [5.41, 5.74) is 12.7. The lowest BCUT2D eigenvalue weighted by molar-refractivity contribution is 0.1000. The first kappa shape index (κ1) is 17.0. The van der Waals surface area contributed by atoms with Gasteiger partial charge in [0, 0.05) is 17.6 Å². The van der Waals surface area contributed by atoms with Crippen LogP contribution in [0.5, 0.6) is 0 Å². The van der Waals surface area contributed by atoms with Crippen molar-refractivity contribution in [2.75, 3.05) is 24.5 Å². The molecule has 0 saturated carbocycles. The molecule has 0 saturated heterocycles. The van der Waals surface area contributed by atoms with E-state index in [9.17, 15) is 4.79 Å². The van der Waals surface area contributed by atoms with Crippen LogP contribution in [0.3, 0.4) is 0 Å². The second kappa shape index (κ2) is 7.09. The van der Waals surface area contributed by atoms with Gasteiger partial charge in [0.15, 0.2) is 0 Å². The molecule has 0 radical (unpaired) electrons. The van der Waals surface area contributed by atoms with Crippen molar-refractivity contribution in [2.24, 2.45) is 16.9 Å². The minimum Gasteiger partial charge on any atom is -0.370 e. The quantitative estimate of drug-likeness (QED) is 0.800. The van der Waals surface area contributed by atoms with E-state index in [1.807, 2.05) is 18.2 Å². The topological polar surface area (TPSA) is 72.3 Å². The summed E-state index contributed by atoms with van der Waals surface area (Å²) in [7, 11) is 0. The Bertz CT molecular complexity index is 474. The molecule has 4 N–H and O–H groups in total. The highest BCUT2D eigenvalue weighted by Gasteiger charge is 2.23. The summed E-state index contributed by atoms with van der Waals surface area (Å²) in [5, 5.41) is 0. The third-order valence-electron chi connectivity index (χ3n) is 3.24. The van der Waals surface area contributed by atoms with Gasteiger partial charge in [-0.15, -0.1) is 0 Å². The van der Waals surface area contributed by atoms with Crippen molar-refractivity contribution >= 4 is 27.5 Å². The van der Waals surface area contributed by atoms with Gasteiger partial charge in [-0.3, -0.25) is 4.79 Å². The number of anilines is 1. The number of carbonyl (C=O) groups excluding carboxylic acids is 1. The van der Waals surface area contributed by atoms with E-state index in [0.29, 0.717) is 12.1 Å². The van der Waals surface area contributed by atoms with E-state index in [-0.39, 0.29) is 5.41 Å².